The van der Waals surface area contributed by atoms with Crippen molar-refractivity contribution in [2.75, 3.05) is 6.61 Å². The Bertz CT molecular complexity index is 321. The molecule has 3 heteroatoms. The summed E-state index contributed by atoms with van der Waals surface area (Å²) in [6.45, 7) is 1.89. The number of hydrogen-bond acceptors (Lipinski definition) is 3. The lowest BCUT2D eigenvalue weighted by Gasteiger charge is -2.27. The molecule has 0 aliphatic carbocycles. The first-order chi connectivity index (χ1) is 6.77. The number of ether oxygens (including phenoxy) is 2. The van der Waals surface area contributed by atoms with Gasteiger partial charge in [0.1, 0.15) is 12.7 Å². The maximum Gasteiger partial charge on any atom is 0.187 e. The SMILES string of the molecule is C[C@H]1O[C@@H](c2ccccc2)OCC1=O. The van der Waals surface area contributed by atoms with Crippen molar-refractivity contribution in [3.05, 3.63) is 35.9 Å². The highest BCUT2D eigenvalue weighted by atomic mass is 16.7. The smallest absolute Gasteiger partial charge is 0.187 e. The lowest BCUT2D eigenvalue weighted by Crippen LogP contribution is -2.34. The Morgan fingerprint density at radius 2 is 2.00 bits per heavy atom. The van der Waals surface area contributed by atoms with Gasteiger partial charge in [-0.15, -0.1) is 0 Å². The average molecular weight is 192 g/mol. The topological polar surface area (TPSA) is 35.5 Å². The molecule has 2 rings (SSSR count). The van der Waals surface area contributed by atoms with Crippen LogP contribution in [0, 0.1) is 0 Å². The lowest BCUT2D eigenvalue weighted by molar-refractivity contribution is -0.208. The first-order valence-corrected chi connectivity index (χ1v) is 4.62. The van der Waals surface area contributed by atoms with E-state index >= 15 is 0 Å². The van der Waals surface area contributed by atoms with Gasteiger partial charge in [-0.1, -0.05) is 30.3 Å². The van der Waals surface area contributed by atoms with Gasteiger partial charge in [0, 0.05) is 5.56 Å². The zero-order chi connectivity index (χ0) is 9.97. The zero-order valence-electron chi connectivity index (χ0n) is 7.97. The van der Waals surface area contributed by atoms with E-state index in [-0.39, 0.29) is 18.5 Å². The Morgan fingerprint density at radius 3 is 2.64 bits per heavy atom. The molecular weight excluding hydrogens is 180 g/mol. The molecular formula is C11H12O3. The minimum Gasteiger partial charge on any atom is -0.340 e. The van der Waals surface area contributed by atoms with E-state index in [9.17, 15) is 4.79 Å². The van der Waals surface area contributed by atoms with Crippen LogP contribution in [0.4, 0.5) is 0 Å². The summed E-state index contributed by atoms with van der Waals surface area (Å²) in [5.41, 5.74) is 0.951. The van der Waals surface area contributed by atoms with Crippen LogP contribution in [-0.4, -0.2) is 18.5 Å². The number of hydrogen-bond donors (Lipinski definition) is 0. The molecule has 0 saturated carbocycles. The molecule has 3 nitrogen and oxygen atoms in total. The third-order valence-electron chi connectivity index (χ3n) is 2.23. The van der Waals surface area contributed by atoms with Crippen molar-refractivity contribution in [1.82, 2.24) is 0 Å². The predicted molar refractivity (Wildman–Crippen MR) is 50.7 cm³/mol. The Hall–Kier alpha value is -1.19. The van der Waals surface area contributed by atoms with E-state index in [2.05, 4.69) is 0 Å². The number of Topliss-reactive ketones (excluding diaryl/α,β-unsaturated/α-hetero) is 1. The lowest BCUT2D eigenvalue weighted by atomic mass is 10.2. The Balaban J connectivity index is 2.11. The zero-order valence-corrected chi connectivity index (χ0v) is 7.97. The fourth-order valence-electron chi connectivity index (χ4n) is 1.36. The van der Waals surface area contributed by atoms with Gasteiger partial charge in [0.2, 0.25) is 0 Å². The molecule has 1 aromatic rings. The molecule has 74 valence electrons. The van der Waals surface area contributed by atoms with Crippen molar-refractivity contribution >= 4 is 5.78 Å². The van der Waals surface area contributed by atoms with Crippen LogP contribution in [0.25, 0.3) is 0 Å². The molecule has 1 aromatic carbocycles. The molecule has 0 spiro atoms. The van der Waals surface area contributed by atoms with Crippen molar-refractivity contribution in [2.45, 2.75) is 19.3 Å². The highest BCUT2D eigenvalue weighted by Crippen LogP contribution is 2.24. The van der Waals surface area contributed by atoms with Gasteiger partial charge < -0.3 is 9.47 Å². The summed E-state index contributed by atoms with van der Waals surface area (Å²) in [4.78, 5) is 11.1. The van der Waals surface area contributed by atoms with Crippen LogP contribution < -0.4 is 0 Å². The quantitative estimate of drug-likeness (QED) is 0.679. The number of rotatable bonds is 1. The van der Waals surface area contributed by atoms with Crippen LogP contribution in [-0.2, 0) is 14.3 Å². The third-order valence-corrected chi connectivity index (χ3v) is 2.23. The van der Waals surface area contributed by atoms with Gasteiger partial charge in [0.05, 0.1) is 0 Å². The molecule has 1 aliphatic rings. The Kier molecular flexibility index (Phi) is 2.61. The van der Waals surface area contributed by atoms with Gasteiger partial charge in [0.25, 0.3) is 0 Å². The van der Waals surface area contributed by atoms with E-state index in [1.54, 1.807) is 6.92 Å². The summed E-state index contributed by atoms with van der Waals surface area (Å²) in [6.07, 6.45) is -0.766. The number of carbonyl (C=O) groups is 1. The standard InChI is InChI=1S/C11H12O3/c1-8-10(12)7-13-11(14-8)9-5-3-2-4-6-9/h2-6,8,11H,7H2,1H3/t8-,11+/m1/s1. The third kappa shape index (κ3) is 1.84. The van der Waals surface area contributed by atoms with Crippen molar-refractivity contribution in [2.24, 2.45) is 0 Å². The van der Waals surface area contributed by atoms with E-state index in [0.717, 1.165) is 5.56 Å². The number of benzene rings is 1. The predicted octanol–water partition coefficient (Wildman–Crippen LogP) is 1.69. The molecule has 1 saturated heterocycles. The van der Waals surface area contributed by atoms with Gasteiger partial charge in [-0.2, -0.15) is 0 Å². The second-order valence-electron chi connectivity index (χ2n) is 3.30. The van der Waals surface area contributed by atoms with Crippen LogP contribution in [0.3, 0.4) is 0 Å². The average Bonchev–Trinajstić information content (AvgIpc) is 2.23. The van der Waals surface area contributed by atoms with Crippen LogP contribution >= 0.6 is 0 Å². The highest BCUT2D eigenvalue weighted by molar-refractivity contribution is 5.84. The van der Waals surface area contributed by atoms with E-state index in [1.807, 2.05) is 30.3 Å². The van der Waals surface area contributed by atoms with Crippen molar-refractivity contribution < 1.29 is 14.3 Å². The molecule has 0 bridgehead atoms. The molecule has 1 heterocycles. The second kappa shape index (κ2) is 3.90. The maximum atomic E-state index is 11.1. The number of ketones is 1. The van der Waals surface area contributed by atoms with E-state index in [4.69, 9.17) is 9.47 Å². The van der Waals surface area contributed by atoms with Gasteiger partial charge in [-0.25, -0.2) is 0 Å². The highest BCUT2D eigenvalue weighted by Gasteiger charge is 2.27. The van der Waals surface area contributed by atoms with Crippen molar-refractivity contribution in [3.8, 4) is 0 Å². The fourth-order valence-corrected chi connectivity index (χ4v) is 1.36. The summed E-state index contributed by atoms with van der Waals surface area (Å²) in [5.74, 6) is -0.00261. The molecule has 0 amide bonds. The van der Waals surface area contributed by atoms with Crippen molar-refractivity contribution in [1.29, 1.82) is 0 Å². The number of carbonyl (C=O) groups excluding carboxylic acids is 1. The molecule has 1 aliphatic heterocycles. The summed E-state index contributed by atoms with van der Waals surface area (Å²) in [7, 11) is 0. The first kappa shape index (κ1) is 9.37. The van der Waals surface area contributed by atoms with Crippen LogP contribution in [0.2, 0.25) is 0 Å². The Morgan fingerprint density at radius 1 is 1.29 bits per heavy atom. The first-order valence-electron chi connectivity index (χ1n) is 4.62. The summed E-state index contributed by atoms with van der Waals surface area (Å²) in [6, 6.07) is 9.62. The van der Waals surface area contributed by atoms with E-state index < -0.39 is 6.29 Å². The Labute approximate surface area is 82.6 Å². The molecule has 2 atom stereocenters. The molecule has 14 heavy (non-hydrogen) atoms. The summed E-state index contributed by atoms with van der Waals surface area (Å²) < 4.78 is 10.7. The van der Waals surface area contributed by atoms with Crippen LogP contribution in [0.1, 0.15) is 18.8 Å². The summed E-state index contributed by atoms with van der Waals surface area (Å²) >= 11 is 0. The van der Waals surface area contributed by atoms with E-state index in [1.165, 1.54) is 0 Å². The van der Waals surface area contributed by atoms with Gasteiger partial charge in [0.15, 0.2) is 12.1 Å². The minimum atomic E-state index is -0.399. The second-order valence-corrected chi connectivity index (χ2v) is 3.30. The molecule has 0 unspecified atom stereocenters. The normalized spacial score (nSPS) is 27.6. The fraction of sp³-hybridized carbons (Fsp3) is 0.364. The summed E-state index contributed by atoms with van der Waals surface area (Å²) in [5, 5.41) is 0. The van der Waals surface area contributed by atoms with Crippen LogP contribution in [0.5, 0.6) is 0 Å². The van der Waals surface area contributed by atoms with E-state index in [0.29, 0.717) is 0 Å². The molecule has 0 aromatic heterocycles. The van der Waals surface area contributed by atoms with Gasteiger partial charge in [-0.05, 0) is 6.92 Å². The molecule has 0 radical (unpaired) electrons. The maximum absolute atomic E-state index is 11.1. The van der Waals surface area contributed by atoms with Gasteiger partial charge >= 0.3 is 0 Å². The largest absolute Gasteiger partial charge is 0.340 e. The monoisotopic (exact) mass is 192 g/mol. The van der Waals surface area contributed by atoms with Crippen molar-refractivity contribution in [3.63, 3.8) is 0 Å². The van der Waals surface area contributed by atoms with Gasteiger partial charge in [-0.3, -0.25) is 4.79 Å². The molecule has 1 fully saturated rings. The minimum absolute atomic E-state index is 0.00261. The van der Waals surface area contributed by atoms with Crippen LogP contribution in [0.15, 0.2) is 30.3 Å². The molecule has 0 N–H and O–H groups in total.